The van der Waals surface area contributed by atoms with Crippen LogP contribution < -0.4 is 19.5 Å². The van der Waals surface area contributed by atoms with Crippen LogP contribution >= 0.6 is 11.6 Å². The number of aryl methyl sites for hydroxylation is 1. The highest BCUT2D eigenvalue weighted by molar-refractivity contribution is 6.31. The van der Waals surface area contributed by atoms with Gasteiger partial charge >= 0.3 is 0 Å². The maximum absolute atomic E-state index is 6.02. The Morgan fingerprint density at radius 2 is 1.32 bits per heavy atom. The molecule has 0 saturated heterocycles. The van der Waals surface area contributed by atoms with Gasteiger partial charge in [0.1, 0.15) is 37.1 Å². The first-order valence-electron chi connectivity index (χ1n) is 9.24. The molecule has 0 fully saturated rings. The molecule has 28 heavy (non-hydrogen) atoms. The third-order valence-electron chi connectivity index (χ3n) is 4.05. The number of halogens is 1. The van der Waals surface area contributed by atoms with Crippen molar-refractivity contribution in [2.24, 2.45) is 0 Å². The fraction of sp³-hybridized carbons (Fsp3) is 0.217. The summed E-state index contributed by atoms with van der Waals surface area (Å²) < 4.78 is 17.0. The molecule has 0 aliphatic heterocycles. The number of para-hydroxylation sites is 1. The number of anilines is 1. The summed E-state index contributed by atoms with van der Waals surface area (Å²) in [4.78, 5) is 0. The lowest BCUT2D eigenvalue weighted by atomic mass is 10.2. The summed E-state index contributed by atoms with van der Waals surface area (Å²) in [5.41, 5.74) is 2.03. The smallest absolute Gasteiger partial charge is 0.122 e. The molecule has 5 heteroatoms. The molecule has 0 aliphatic rings. The van der Waals surface area contributed by atoms with Gasteiger partial charge in [0.2, 0.25) is 0 Å². The SMILES string of the molecule is Cc1cc(OCCNc2ccc(OCCOc3ccccc3)cc2)ccc1Cl. The number of rotatable bonds is 10. The zero-order valence-electron chi connectivity index (χ0n) is 15.9. The van der Waals surface area contributed by atoms with E-state index in [4.69, 9.17) is 25.8 Å². The molecule has 0 spiro atoms. The minimum absolute atomic E-state index is 0.496. The van der Waals surface area contributed by atoms with Crippen LogP contribution in [0.15, 0.2) is 72.8 Å². The highest BCUT2D eigenvalue weighted by Gasteiger charge is 2.00. The van der Waals surface area contributed by atoms with Gasteiger partial charge in [-0.2, -0.15) is 0 Å². The van der Waals surface area contributed by atoms with Crippen molar-refractivity contribution in [2.45, 2.75) is 6.92 Å². The van der Waals surface area contributed by atoms with E-state index >= 15 is 0 Å². The third kappa shape index (κ3) is 6.39. The highest BCUT2D eigenvalue weighted by atomic mass is 35.5. The van der Waals surface area contributed by atoms with Crippen molar-refractivity contribution in [1.29, 1.82) is 0 Å². The molecule has 0 atom stereocenters. The van der Waals surface area contributed by atoms with Gasteiger partial charge in [0, 0.05) is 17.3 Å². The molecule has 0 saturated carbocycles. The number of benzene rings is 3. The van der Waals surface area contributed by atoms with E-state index in [9.17, 15) is 0 Å². The first kappa shape index (κ1) is 19.9. The average Bonchev–Trinajstić information content (AvgIpc) is 2.73. The Morgan fingerprint density at radius 1 is 0.714 bits per heavy atom. The third-order valence-corrected chi connectivity index (χ3v) is 4.47. The first-order chi connectivity index (χ1) is 13.7. The van der Waals surface area contributed by atoms with Gasteiger partial charge < -0.3 is 19.5 Å². The normalized spacial score (nSPS) is 10.4. The molecule has 0 aromatic heterocycles. The molecule has 0 amide bonds. The number of hydrogen-bond donors (Lipinski definition) is 1. The standard InChI is InChI=1S/C23H24ClNO3/c1-18-17-22(11-12-23(18)24)26-14-13-25-19-7-9-21(10-8-19)28-16-15-27-20-5-3-2-4-6-20/h2-12,17,25H,13-16H2,1H3. The Labute approximate surface area is 171 Å². The van der Waals surface area contributed by atoms with Crippen molar-refractivity contribution in [3.63, 3.8) is 0 Å². The average molecular weight is 398 g/mol. The van der Waals surface area contributed by atoms with E-state index in [1.54, 1.807) is 0 Å². The summed E-state index contributed by atoms with van der Waals surface area (Å²) in [6.45, 7) is 4.23. The van der Waals surface area contributed by atoms with Crippen molar-refractivity contribution in [2.75, 3.05) is 31.7 Å². The molecule has 0 unspecified atom stereocenters. The molecule has 0 heterocycles. The molecule has 0 aliphatic carbocycles. The maximum atomic E-state index is 6.02. The van der Waals surface area contributed by atoms with Crippen molar-refractivity contribution >= 4 is 17.3 Å². The Kier molecular flexibility index (Phi) is 7.44. The van der Waals surface area contributed by atoms with Gasteiger partial charge in [-0.25, -0.2) is 0 Å². The molecular formula is C23H24ClNO3. The second-order valence-corrected chi connectivity index (χ2v) is 6.63. The lowest BCUT2D eigenvalue weighted by molar-refractivity contribution is 0.217. The Hall–Kier alpha value is -2.85. The molecule has 3 aromatic rings. The van der Waals surface area contributed by atoms with E-state index in [0.717, 1.165) is 33.5 Å². The lowest BCUT2D eigenvalue weighted by Gasteiger charge is -2.11. The van der Waals surface area contributed by atoms with Crippen molar-refractivity contribution < 1.29 is 14.2 Å². The molecule has 3 aromatic carbocycles. The van der Waals surface area contributed by atoms with Gasteiger partial charge in [-0.15, -0.1) is 0 Å². The highest BCUT2D eigenvalue weighted by Crippen LogP contribution is 2.21. The minimum atomic E-state index is 0.496. The van der Waals surface area contributed by atoms with Crippen LogP contribution in [0.5, 0.6) is 17.2 Å². The van der Waals surface area contributed by atoms with Crippen molar-refractivity contribution in [3.05, 3.63) is 83.4 Å². The van der Waals surface area contributed by atoms with Gasteiger partial charge in [-0.1, -0.05) is 29.8 Å². The second kappa shape index (κ2) is 10.5. The van der Waals surface area contributed by atoms with Crippen molar-refractivity contribution in [3.8, 4) is 17.2 Å². The quantitative estimate of drug-likeness (QED) is 0.452. The second-order valence-electron chi connectivity index (χ2n) is 6.22. The zero-order chi connectivity index (χ0) is 19.6. The zero-order valence-corrected chi connectivity index (χ0v) is 16.6. The number of nitrogens with one attached hydrogen (secondary N) is 1. The van der Waals surface area contributed by atoms with Crippen LogP contribution in [0, 0.1) is 6.92 Å². The van der Waals surface area contributed by atoms with Crippen LogP contribution in [0.1, 0.15) is 5.56 Å². The van der Waals surface area contributed by atoms with Gasteiger partial charge in [0.15, 0.2) is 0 Å². The first-order valence-corrected chi connectivity index (χ1v) is 9.62. The van der Waals surface area contributed by atoms with Crippen LogP contribution in [-0.4, -0.2) is 26.4 Å². The van der Waals surface area contributed by atoms with Gasteiger partial charge in [0.05, 0.1) is 0 Å². The summed E-state index contributed by atoms with van der Waals surface area (Å²) in [5.74, 6) is 2.49. The van der Waals surface area contributed by atoms with Gasteiger partial charge in [-0.05, 0) is 67.1 Å². The topological polar surface area (TPSA) is 39.7 Å². The molecule has 146 valence electrons. The molecule has 0 radical (unpaired) electrons. The van der Waals surface area contributed by atoms with Gasteiger partial charge in [0.25, 0.3) is 0 Å². The summed E-state index contributed by atoms with van der Waals surface area (Å²) in [6.07, 6.45) is 0. The minimum Gasteiger partial charge on any atom is -0.492 e. The summed E-state index contributed by atoms with van der Waals surface area (Å²) in [7, 11) is 0. The van der Waals surface area contributed by atoms with Crippen LogP contribution in [0.3, 0.4) is 0 Å². The largest absolute Gasteiger partial charge is 0.492 e. The maximum Gasteiger partial charge on any atom is 0.122 e. The van der Waals surface area contributed by atoms with Crippen molar-refractivity contribution in [1.82, 2.24) is 0 Å². The summed E-state index contributed by atoms with van der Waals surface area (Å²) in [6, 6.07) is 23.2. The Bertz CT molecular complexity index is 853. The number of ether oxygens (including phenoxy) is 3. The van der Waals surface area contributed by atoms with Crippen LogP contribution in [0.25, 0.3) is 0 Å². The monoisotopic (exact) mass is 397 g/mol. The predicted octanol–water partition coefficient (Wildman–Crippen LogP) is 5.60. The fourth-order valence-corrected chi connectivity index (χ4v) is 2.69. The van der Waals surface area contributed by atoms with Crippen LogP contribution in [-0.2, 0) is 0 Å². The van der Waals surface area contributed by atoms with Crippen LogP contribution in [0.2, 0.25) is 5.02 Å². The molecule has 0 bridgehead atoms. The van der Waals surface area contributed by atoms with E-state index in [-0.39, 0.29) is 0 Å². The Morgan fingerprint density at radius 3 is 2.00 bits per heavy atom. The Balaban J connectivity index is 1.33. The molecule has 4 nitrogen and oxygen atoms in total. The van der Waals surface area contributed by atoms with E-state index < -0.39 is 0 Å². The molecule has 1 N–H and O–H groups in total. The predicted molar refractivity (Wildman–Crippen MR) is 114 cm³/mol. The van der Waals surface area contributed by atoms with E-state index in [2.05, 4.69) is 5.32 Å². The molecular weight excluding hydrogens is 374 g/mol. The summed E-state index contributed by atoms with van der Waals surface area (Å²) in [5, 5.41) is 4.08. The lowest BCUT2D eigenvalue weighted by Crippen LogP contribution is -2.11. The van der Waals surface area contributed by atoms with Gasteiger partial charge in [-0.3, -0.25) is 0 Å². The molecule has 3 rings (SSSR count). The number of hydrogen-bond acceptors (Lipinski definition) is 4. The summed E-state index contributed by atoms with van der Waals surface area (Å²) >= 11 is 6.02. The van der Waals surface area contributed by atoms with E-state index in [1.165, 1.54) is 0 Å². The van der Waals surface area contributed by atoms with Crippen LogP contribution in [0.4, 0.5) is 5.69 Å². The van der Waals surface area contributed by atoms with E-state index in [1.807, 2.05) is 79.7 Å². The van der Waals surface area contributed by atoms with E-state index in [0.29, 0.717) is 26.4 Å². The fourth-order valence-electron chi connectivity index (χ4n) is 2.58.